The van der Waals surface area contributed by atoms with Gasteiger partial charge in [0.1, 0.15) is 0 Å². The number of para-hydroxylation sites is 2. The van der Waals surface area contributed by atoms with Crippen LogP contribution >= 0.6 is 24.0 Å². The molecule has 7 heteroatoms. The van der Waals surface area contributed by atoms with Crippen LogP contribution in [-0.4, -0.2) is 35.5 Å². The normalized spacial score (nSPS) is 10.9. The number of guanidine groups is 1. The quantitative estimate of drug-likeness (QED) is 0.324. The zero-order valence-corrected chi connectivity index (χ0v) is 18.6. The van der Waals surface area contributed by atoms with Crippen molar-refractivity contribution in [1.82, 2.24) is 9.88 Å². The van der Waals surface area contributed by atoms with E-state index < -0.39 is 0 Å². The van der Waals surface area contributed by atoms with Crippen molar-refractivity contribution in [2.45, 2.75) is 33.7 Å². The van der Waals surface area contributed by atoms with Crippen molar-refractivity contribution in [2.24, 2.45) is 10.7 Å². The number of nitrogens with two attached hydrogens (primary N) is 1. The average Bonchev–Trinajstić information content (AvgIpc) is 2.67. The Hall–Kier alpha value is -2.03. The Bertz CT molecular complexity index is 721. The van der Waals surface area contributed by atoms with Crippen LogP contribution in [0.2, 0.25) is 0 Å². The van der Waals surface area contributed by atoms with Crippen molar-refractivity contribution in [3.8, 4) is 17.4 Å². The third-order valence-corrected chi connectivity index (χ3v) is 3.87. The number of aliphatic imine (C=N–C) groups is 1. The summed E-state index contributed by atoms with van der Waals surface area (Å²) in [6.07, 6.45) is 2.63. The van der Waals surface area contributed by atoms with Crippen molar-refractivity contribution in [3.63, 3.8) is 0 Å². The Balaban J connectivity index is 0.00000364. The van der Waals surface area contributed by atoms with Crippen molar-refractivity contribution < 1.29 is 9.47 Å². The molecule has 27 heavy (non-hydrogen) atoms. The zero-order valence-electron chi connectivity index (χ0n) is 16.2. The van der Waals surface area contributed by atoms with Crippen LogP contribution in [0.5, 0.6) is 17.4 Å². The molecule has 0 radical (unpaired) electrons. The highest BCUT2D eigenvalue weighted by molar-refractivity contribution is 14.0. The second-order valence-corrected chi connectivity index (χ2v) is 5.71. The molecule has 6 nitrogen and oxygen atoms in total. The molecule has 0 aliphatic carbocycles. The summed E-state index contributed by atoms with van der Waals surface area (Å²) in [6, 6.07) is 11.4. The molecule has 0 saturated carbocycles. The Morgan fingerprint density at radius 2 is 1.78 bits per heavy atom. The van der Waals surface area contributed by atoms with Gasteiger partial charge in [0.25, 0.3) is 0 Å². The minimum atomic E-state index is 0. The van der Waals surface area contributed by atoms with Crippen molar-refractivity contribution in [3.05, 3.63) is 48.2 Å². The number of rotatable bonds is 9. The van der Waals surface area contributed by atoms with E-state index in [9.17, 15) is 0 Å². The predicted octanol–water partition coefficient (Wildman–Crippen LogP) is 4.44. The molecule has 0 aliphatic heterocycles. The summed E-state index contributed by atoms with van der Waals surface area (Å²) in [5, 5.41) is 0. The molecule has 0 spiro atoms. The average molecular weight is 484 g/mol. The minimum Gasteiger partial charge on any atom is -0.490 e. The van der Waals surface area contributed by atoms with Gasteiger partial charge in [0, 0.05) is 24.8 Å². The van der Waals surface area contributed by atoms with Crippen LogP contribution in [0.15, 0.2) is 47.6 Å². The maximum atomic E-state index is 6.06. The maximum absolute atomic E-state index is 6.06. The van der Waals surface area contributed by atoms with E-state index in [2.05, 4.69) is 30.7 Å². The third kappa shape index (κ3) is 6.89. The summed E-state index contributed by atoms with van der Waals surface area (Å²) in [6.45, 7) is 8.87. The second-order valence-electron chi connectivity index (χ2n) is 5.71. The molecular formula is C20H29IN4O2. The summed E-state index contributed by atoms with van der Waals surface area (Å²) in [5.41, 5.74) is 6.93. The van der Waals surface area contributed by atoms with Gasteiger partial charge in [-0.25, -0.2) is 9.98 Å². The molecule has 2 aromatic rings. The molecular weight excluding hydrogens is 455 g/mol. The van der Waals surface area contributed by atoms with Gasteiger partial charge in [0.05, 0.1) is 13.2 Å². The van der Waals surface area contributed by atoms with Gasteiger partial charge in [-0.3, -0.25) is 0 Å². The van der Waals surface area contributed by atoms with Crippen LogP contribution < -0.4 is 15.2 Å². The number of ether oxygens (including phenoxy) is 2. The molecule has 0 saturated heterocycles. The van der Waals surface area contributed by atoms with Crippen LogP contribution in [-0.2, 0) is 6.54 Å². The number of aromatic nitrogens is 1. The highest BCUT2D eigenvalue weighted by Crippen LogP contribution is 2.32. The van der Waals surface area contributed by atoms with Gasteiger partial charge in [-0.2, -0.15) is 0 Å². The molecule has 0 unspecified atom stereocenters. The molecule has 0 atom stereocenters. The van der Waals surface area contributed by atoms with E-state index in [4.69, 9.17) is 15.2 Å². The molecule has 1 aromatic carbocycles. The molecule has 2 rings (SSSR count). The first-order valence-electron chi connectivity index (χ1n) is 9.07. The summed E-state index contributed by atoms with van der Waals surface area (Å²) in [4.78, 5) is 10.8. The first-order valence-corrected chi connectivity index (χ1v) is 9.07. The van der Waals surface area contributed by atoms with E-state index in [1.54, 1.807) is 6.20 Å². The lowest BCUT2D eigenvalue weighted by atomic mass is 10.2. The van der Waals surface area contributed by atoms with Crippen LogP contribution in [0.3, 0.4) is 0 Å². The first-order chi connectivity index (χ1) is 12.7. The lowest BCUT2D eigenvalue weighted by Gasteiger charge is -2.19. The van der Waals surface area contributed by atoms with Crippen molar-refractivity contribution in [1.29, 1.82) is 0 Å². The van der Waals surface area contributed by atoms with Crippen molar-refractivity contribution in [2.75, 3.05) is 19.7 Å². The predicted molar refractivity (Wildman–Crippen MR) is 120 cm³/mol. The smallest absolute Gasteiger partial charge is 0.224 e. The Kier molecular flexibility index (Phi) is 10.5. The molecule has 1 heterocycles. The van der Waals surface area contributed by atoms with Gasteiger partial charge in [-0.15, -0.1) is 24.0 Å². The van der Waals surface area contributed by atoms with Crippen LogP contribution in [0.1, 0.15) is 32.8 Å². The first kappa shape index (κ1) is 23.0. The van der Waals surface area contributed by atoms with E-state index in [0.717, 1.165) is 25.1 Å². The fourth-order valence-corrected chi connectivity index (χ4v) is 2.42. The number of hydrogen-bond donors (Lipinski definition) is 1. The topological polar surface area (TPSA) is 73.0 Å². The standard InChI is InChI=1S/C20H28N4O2.HI/c1-4-14-25-17-11-7-8-12-18(17)26-19-16(10-9-13-22-19)15-23-20(21)24(5-2)6-3;/h7-13H,4-6,14-15H2,1-3H3,(H2,21,23);1H. The maximum Gasteiger partial charge on any atom is 0.224 e. The molecule has 0 bridgehead atoms. The second kappa shape index (κ2) is 12.4. The van der Waals surface area contributed by atoms with E-state index in [1.165, 1.54) is 0 Å². The SMILES string of the molecule is CCCOc1ccccc1Oc1ncccc1CN=C(N)N(CC)CC.I. The summed E-state index contributed by atoms with van der Waals surface area (Å²) in [5.74, 6) is 2.38. The fourth-order valence-electron chi connectivity index (χ4n) is 2.42. The van der Waals surface area contributed by atoms with Crippen LogP contribution in [0.4, 0.5) is 0 Å². The monoisotopic (exact) mass is 484 g/mol. The number of nitrogens with zero attached hydrogens (tertiary/aromatic N) is 3. The van der Waals surface area contributed by atoms with E-state index in [-0.39, 0.29) is 24.0 Å². The van der Waals surface area contributed by atoms with Gasteiger partial charge in [-0.1, -0.05) is 25.1 Å². The molecule has 2 N–H and O–H groups in total. The number of halogens is 1. The van der Waals surface area contributed by atoms with Gasteiger partial charge in [0.15, 0.2) is 17.5 Å². The number of pyridine rings is 1. The van der Waals surface area contributed by atoms with Gasteiger partial charge < -0.3 is 20.1 Å². The summed E-state index contributed by atoms with van der Waals surface area (Å²) < 4.78 is 11.8. The largest absolute Gasteiger partial charge is 0.490 e. The minimum absolute atomic E-state index is 0. The highest BCUT2D eigenvalue weighted by atomic mass is 127. The van der Waals surface area contributed by atoms with Gasteiger partial charge in [-0.05, 0) is 38.5 Å². The van der Waals surface area contributed by atoms with Crippen LogP contribution in [0, 0.1) is 0 Å². The van der Waals surface area contributed by atoms with Crippen molar-refractivity contribution >= 4 is 29.9 Å². The van der Waals surface area contributed by atoms with E-state index in [0.29, 0.717) is 36.5 Å². The summed E-state index contributed by atoms with van der Waals surface area (Å²) in [7, 11) is 0. The fraction of sp³-hybridized carbons (Fsp3) is 0.400. The highest BCUT2D eigenvalue weighted by Gasteiger charge is 2.11. The Morgan fingerprint density at radius 1 is 1.07 bits per heavy atom. The molecule has 0 aliphatic rings. The summed E-state index contributed by atoms with van der Waals surface area (Å²) >= 11 is 0. The van der Waals surface area contributed by atoms with Gasteiger partial charge >= 0.3 is 0 Å². The van der Waals surface area contributed by atoms with Gasteiger partial charge in [0.2, 0.25) is 5.88 Å². The number of hydrogen-bond acceptors (Lipinski definition) is 4. The Labute approximate surface area is 178 Å². The third-order valence-electron chi connectivity index (χ3n) is 3.87. The molecule has 0 amide bonds. The molecule has 0 fully saturated rings. The lowest BCUT2D eigenvalue weighted by molar-refractivity contribution is 0.300. The lowest BCUT2D eigenvalue weighted by Crippen LogP contribution is -2.37. The zero-order chi connectivity index (χ0) is 18.8. The van der Waals surface area contributed by atoms with E-state index >= 15 is 0 Å². The molecule has 148 valence electrons. The van der Waals surface area contributed by atoms with E-state index in [1.807, 2.05) is 41.3 Å². The molecule has 1 aromatic heterocycles. The Morgan fingerprint density at radius 3 is 2.44 bits per heavy atom. The number of benzene rings is 1. The van der Waals surface area contributed by atoms with Crippen LogP contribution in [0.25, 0.3) is 0 Å².